The van der Waals surface area contributed by atoms with E-state index in [9.17, 15) is 9.46 Å². The first-order chi connectivity index (χ1) is 9.05. The van der Waals surface area contributed by atoms with E-state index >= 15 is 0 Å². The molecule has 0 aromatic carbocycles. The summed E-state index contributed by atoms with van der Waals surface area (Å²) < 4.78 is 21.5. The van der Waals surface area contributed by atoms with Gasteiger partial charge in [-0.3, -0.25) is 9.05 Å². The Bertz CT molecular complexity index is 246. The fraction of sp³-hybridized carbons (Fsp3) is 1.00. The van der Waals surface area contributed by atoms with Gasteiger partial charge in [-0.25, -0.2) is 4.57 Å². The lowest BCUT2D eigenvalue weighted by Gasteiger charge is -2.16. The number of phosphoric ester groups is 1. The Balaban J connectivity index is 3.73. The van der Waals surface area contributed by atoms with Crippen LogP contribution in [0.3, 0.4) is 0 Å². The smallest absolute Gasteiger partial charge is 0.302 e. The molecule has 0 saturated heterocycles. The highest BCUT2D eigenvalue weighted by Gasteiger charge is 2.20. The maximum atomic E-state index is 11.6. The number of rotatable bonds is 13. The van der Waals surface area contributed by atoms with Gasteiger partial charge in [-0.1, -0.05) is 59.3 Å². The molecule has 2 atom stereocenters. The first-order valence-electron chi connectivity index (χ1n) is 7.67. The zero-order valence-electron chi connectivity index (χ0n) is 12.8. The molecule has 0 aromatic heterocycles. The van der Waals surface area contributed by atoms with Crippen molar-refractivity contribution in [2.45, 2.75) is 72.1 Å². The number of unbranched alkanes of at least 4 members (excludes halogenated alkanes) is 3. The van der Waals surface area contributed by atoms with Crippen molar-refractivity contribution in [2.75, 3.05) is 13.2 Å². The third-order valence-corrected chi connectivity index (χ3v) is 4.34. The summed E-state index contributed by atoms with van der Waals surface area (Å²) in [6, 6.07) is 0. The summed E-state index contributed by atoms with van der Waals surface area (Å²) in [7, 11) is -3.83. The Hall–Kier alpha value is 0.110. The van der Waals surface area contributed by atoms with E-state index < -0.39 is 7.82 Å². The normalized spacial score (nSPS) is 16.2. The van der Waals surface area contributed by atoms with Crippen molar-refractivity contribution in [1.29, 1.82) is 0 Å². The molecule has 0 bridgehead atoms. The van der Waals surface area contributed by atoms with Crippen molar-refractivity contribution in [3.05, 3.63) is 0 Å². The van der Waals surface area contributed by atoms with Crippen LogP contribution in [0.25, 0.3) is 0 Å². The standard InChI is InChI=1S/C14H31O4P/c1-4-7-9-12-17-19(15,16)18-13-11-14(6-3)10-8-5-2/h14H,4-13H2,1-3H3,(H,15,16). The molecular weight excluding hydrogens is 263 g/mol. The predicted molar refractivity (Wildman–Crippen MR) is 79.2 cm³/mol. The maximum Gasteiger partial charge on any atom is 0.472 e. The monoisotopic (exact) mass is 294 g/mol. The van der Waals surface area contributed by atoms with E-state index in [0.717, 1.165) is 32.1 Å². The lowest BCUT2D eigenvalue weighted by atomic mass is 9.96. The van der Waals surface area contributed by atoms with E-state index in [1.807, 2.05) is 0 Å². The zero-order chi connectivity index (χ0) is 14.6. The molecule has 19 heavy (non-hydrogen) atoms. The number of hydrogen-bond acceptors (Lipinski definition) is 3. The molecule has 4 nitrogen and oxygen atoms in total. The quantitative estimate of drug-likeness (QED) is 0.387. The molecule has 2 unspecified atom stereocenters. The van der Waals surface area contributed by atoms with Gasteiger partial charge in [0, 0.05) is 0 Å². The van der Waals surface area contributed by atoms with Crippen molar-refractivity contribution in [1.82, 2.24) is 0 Å². The van der Waals surface area contributed by atoms with Gasteiger partial charge in [-0.15, -0.1) is 0 Å². The first kappa shape index (κ1) is 19.1. The molecule has 0 heterocycles. The van der Waals surface area contributed by atoms with Gasteiger partial charge in [-0.2, -0.15) is 0 Å². The third-order valence-electron chi connectivity index (χ3n) is 3.33. The van der Waals surface area contributed by atoms with E-state index in [-0.39, 0.29) is 0 Å². The van der Waals surface area contributed by atoms with Crippen LogP contribution in [0, 0.1) is 5.92 Å². The molecule has 5 heteroatoms. The van der Waals surface area contributed by atoms with Crippen LogP contribution < -0.4 is 0 Å². The van der Waals surface area contributed by atoms with Gasteiger partial charge >= 0.3 is 7.82 Å². The second-order valence-corrected chi connectivity index (χ2v) is 6.50. The average molecular weight is 294 g/mol. The lowest BCUT2D eigenvalue weighted by molar-refractivity contribution is 0.139. The summed E-state index contributed by atoms with van der Waals surface area (Å²) in [6.45, 7) is 7.02. The molecule has 0 rings (SSSR count). The van der Waals surface area contributed by atoms with E-state index in [1.165, 1.54) is 19.3 Å². The second kappa shape index (κ2) is 11.9. The highest BCUT2D eigenvalue weighted by molar-refractivity contribution is 7.47. The summed E-state index contributed by atoms with van der Waals surface area (Å²) in [6.07, 6.45) is 8.38. The van der Waals surface area contributed by atoms with Gasteiger partial charge in [-0.05, 0) is 18.8 Å². The molecule has 0 aromatic rings. The predicted octanol–water partition coefficient (Wildman–Crippen LogP) is 4.92. The fourth-order valence-corrected chi connectivity index (χ4v) is 2.72. The minimum absolute atomic E-state index is 0.300. The van der Waals surface area contributed by atoms with Crippen LogP contribution in [0.15, 0.2) is 0 Å². The third kappa shape index (κ3) is 11.6. The zero-order valence-corrected chi connectivity index (χ0v) is 13.7. The van der Waals surface area contributed by atoms with E-state index in [0.29, 0.717) is 19.1 Å². The maximum absolute atomic E-state index is 11.6. The van der Waals surface area contributed by atoms with Gasteiger partial charge in [0.05, 0.1) is 13.2 Å². The van der Waals surface area contributed by atoms with Crippen LogP contribution in [0.4, 0.5) is 0 Å². The molecule has 0 amide bonds. The lowest BCUT2D eigenvalue weighted by Crippen LogP contribution is -2.05. The molecule has 0 fully saturated rings. The van der Waals surface area contributed by atoms with Gasteiger partial charge < -0.3 is 4.89 Å². The molecular formula is C14H31O4P. The average Bonchev–Trinajstić information content (AvgIpc) is 2.38. The summed E-state index contributed by atoms with van der Waals surface area (Å²) in [5, 5.41) is 0. The van der Waals surface area contributed by atoms with Crippen LogP contribution in [0.2, 0.25) is 0 Å². The molecule has 116 valence electrons. The highest BCUT2D eigenvalue weighted by Crippen LogP contribution is 2.43. The Morgan fingerprint density at radius 3 is 2.16 bits per heavy atom. The first-order valence-corrected chi connectivity index (χ1v) is 9.17. The summed E-state index contributed by atoms with van der Waals surface area (Å²) in [5.41, 5.74) is 0. The number of phosphoric acid groups is 1. The Kier molecular flexibility index (Phi) is 12.0. The van der Waals surface area contributed by atoms with Crippen LogP contribution in [0.5, 0.6) is 0 Å². The SMILES string of the molecule is CCCCCOP(=O)(O)OCCC(CC)CCCC. The summed E-state index contributed by atoms with van der Waals surface area (Å²) >= 11 is 0. The molecule has 0 aliphatic heterocycles. The molecule has 1 N–H and O–H groups in total. The van der Waals surface area contributed by atoms with Crippen molar-refractivity contribution in [2.24, 2.45) is 5.92 Å². The van der Waals surface area contributed by atoms with Crippen LogP contribution in [0.1, 0.15) is 72.1 Å². The topological polar surface area (TPSA) is 55.8 Å². The van der Waals surface area contributed by atoms with E-state index in [1.54, 1.807) is 0 Å². The van der Waals surface area contributed by atoms with E-state index in [4.69, 9.17) is 9.05 Å². The van der Waals surface area contributed by atoms with Gasteiger partial charge in [0.1, 0.15) is 0 Å². The van der Waals surface area contributed by atoms with Crippen molar-refractivity contribution in [3.63, 3.8) is 0 Å². The summed E-state index contributed by atoms with van der Waals surface area (Å²) in [4.78, 5) is 9.49. The highest BCUT2D eigenvalue weighted by atomic mass is 31.2. The minimum atomic E-state index is -3.83. The Morgan fingerprint density at radius 2 is 1.58 bits per heavy atom. The van der Waals surface area contributed by atoms with Crippen molar-refractivity contribution in [3.8, 4) is 0 Å². The largest absolute Gasteiger partial charge is 0.472 e. The summed E-state index contributed by atoms with van der Waals surface area (Å²) in [5.74, 6) is 0.583. The van der Waals surface area contributed by atoms with Crippen LogP contribution >= 0.6 is 7.82 Å². The second-order valence-electron chi connectivity index (χ2n) is 5.05. The van der Waals surface area contributed by atoms with Crippen LogP contribution in [-0.2, 0) is 13.6 Å². The molecule has 0 saturated carbocycles. The van der Waals surface area contributed by atoms with Gasteiger partial charge in [0.25, 0.3) is 0 Å². The minimum Gasteiger partial charge on any atom is -0.302 e. The molecule has 0 spiro atoms. The fourth-order valence-electron chi connectivity index (χ4n) is 1.95. The Labute approximate surface area is 118 Å². The van der Waals surface area contributed by atoms with Gasteiger partial charge in [0.15, 0.2) is 0 Å². The van der Waals surface area contributed by atoms with Crippen molar-refractivity contribution < 1.29 is 18.5 Å². The molecule has 0 aliphatic carbocycles. The number of hydrogen-bond donors (Lipinski definition) is 1. The van der Waals surface area contributed by atoms with Gasteiger partial charge in [0.2, 0.25) is 0 Å². The molecule has 0 aliphatic rings. The van der Waals surface area contributed by atoms with Crippen molar-refractivity contribution >= 4 is 7.82 Å². The molecule has 0 radical (unpaired) electrons. The van der Waals surface area contributed by atoms with Crippen LogP contribution in [-0.4, -0.2) is 18.1 Å². The Morgan fingerprint density at radius 1 is 0.947 bits per heavy atom. The van der Waals surface area contributed by atoms with E-state index in [2.05, 4.69) is 20.8 Å².